The molecule has 1 amide bonds. The fraction of sp³-hybridized carbons (Fsp3) is 0.167. The zero-order valence-electron chi connectivity index (χ0n) is 13.8. The molecule has 2 N–H and O–H groups in total. The summed E-state index contributed by atoms with van der Waals surface area (Å²) in [7, 11) is -3.48. The summed E-state index contributed by atoms with van der Waals surface area (Å²) in [6.45, 7) is 1.81. The first-order valence-corrected chi connectivity index (χ1v) is 9.59. The van der Waals surface area contributed by atoms with E-state index < -0.39 is 10.0 Å². The second kappa shape index (κ2) is 6.60. The molecule has 0 saturated carbocycles. The molecule has 0 saturated heterocycles. The molecule has 1 atom stereocenters. The average Bonchev–Trinajstić information content (AvgIpc) is 2.98. The lowest BCUT2D eigenvalue weighted by Crippen LogP contribution is -2.27. The molecule has 25 heavy (non-hydrogen) atoms. The SMILES string of the molecule is C[C@H](NC(=O)c1ccccc1NS(C)(=O)=O)c1cc2ccccc2o1. The number of furan rings is 1. The summed E-state index contributed by atoms with van der Waals surface area (Å²) in [6.07, 6.45) is 1.04. The molecule has 0 aliphatic rings. The number of amides is 1. The summed E-state index contributed by atoms with van der Waals surface area (Å²) >= 11 is 0. The third-order valence-electron chi connectivity index (χ3n) is 3.69. The Morgan fingerprint density at radius 1 is 1.08 bits per heavy atom. The molecule has 0 spiro atoms. The van der Waals surface area contributed by atoms with Crippen molar-refractivity contribution in [3.8, 4) is 0 Å². The molecular weight excluding hydrogens is 340 g/mol. The van der Waals surface area contributed by atoms with Crippen LogP contribution in [0.3, 0.4) is 0 Å². The molecule has 7 heteroatoms. The zero-order chi connectivity index (χ0) is 18.0. The van der Waals surface area contributed by atoms with Crippen LogP contribution in [0.5, 0.6) is 0 Å². The number of para-hydroxylation sites is 2. The van der Waals surface area contributed by atoms with E-state index in [1.165, 1.54) is 0 Å². The van der Waals surface area contributed by atoms with Crippen LogP contribution in [0.4, 0.5) is 5.69 Å². The van der Waals surface area contributed by atoms with Crippen LogP contribution in [0.15, 0.2) is 59.0 Å². The van der Waals surface area contributed by atoms with Gasteiger partial charge in [-0.1, -0.05) is 30.3 Å². The summed E-state index contributed by atoms with van der Waals surface area (Å²) in [5.41, 5.74) is 1.23. The lowest BCUT2D eigenvalue weighted by Gasteiger charge is -2.14. The Bertz CT molecular complexity index is 991. The van der Waals surface area contributed by atoms with Crippen LogP contribution in [0.1, 0.15) is 29.1 Å². The van der Waals surface area contributed by atoms with E-state index >= 15 is 0 Å². The maximum Gasteiger partial charge on any atom is 0.253 e. The Morgan fingerprint density at radius 2 is 1.76 bits per heavy atom. The quantitative estimate of drug-likeness (QED) is 0.732. The smallest absolute Gasteiger partial charge is 0.253 e. The average molecular weight is 358 g/mol. The minimum absolute atomic E-state index is 0.235. The van der Waals surface area contributed by atoms with Gasteiger partial charge in [-0.2, -0.15) is 0 Å². The molecule has 3 rings (SSSR count). The number of sulfonamides is 1. The van der Waals surface area contributed by atoms with Gasteiger partial charge in [0.15, 0.2) is 0 Å². The first kappa shape index (κ1) is 17.0. The number of fused-ring (bicyclic) bond motifs is 1. The van der Waals surface area contributed by atoms with E-state index in [1.807, 2.05) is 37.3 Å². The van der Waals surface area contributed by atoms with Crippen molar-refractivity contribution in [3.05, 3.63) is 65.9 Å². The number of carbonyl (C=O) groups excluding carboxylic acids is 1. The van der Waals surface area contributed by atoms with Gasteiger partial charge in [-0.25, -0.2) is 8.42 Å². The predicted molar refractivity (Wildman–Crippen MR) is 97.0 cm³/mol. The van der Waals surface area contributed by atoms with E-state index in [2.05, 4.69) is 10.0 Å². The fourth-order valence-electron chi connectivity index (χ4n) is 2.53. The highest BCUT2D eigenvalue weighted by atomic mass is 32.2. The van der Waals surface area contributed by atoms with Gasteiger partial charge in [0.25, 0.3) is 5.91 Å². The number of anilines is 1. The standard InChI is InChI=1S/C18H18N2O4S/c1-12(17-11-13-7-3-6-10-16(13)24-17)19-18(21)14-8-4-5-9-15(14)20-25(2,22)23/h3-12,20H,1-2H3,(H,19,21)/t12-/m0/s1. The highest BCUT2D eigenvalue weighted by Gasteiger charge is 2.18. The number of nitrogens with one attached hydrogen (secondary N) is 2. The summed E-state index contributed by atoms with van der Waals surface area (Å²) in [5.74, 6) is 0.239. The van der Waals surface area contributed by atoms with E-state index in [9.17, 15) is 13.2 Å². The molecular formula is C18H18N2O4S. The first-order chi connectivity index (χ1) is 11.8. The van der Waals surface area contributed by atoms with Crippen molar-refractivity contribution in [3.63, 3.8) is 0 Å². The van der Waals surface area contributed by atoms with Gasteiger partial charge in [-0.05, 0) is 31.2 Å². The second-order valence-electron chi connectivity index (χ2n) is 5.80. The Labute approximate surface area is 145 Å². The maximum absolute atomic E-state index is 12.6. The van der Waals surface area contributed by atoms with Crippen LogP contribution < -0.4 is 10.0 Å². The van der Waals surface area contributed by atoms with Gasteiger partial charge in [0.2, 0.25) is 10.0 Å². The predicted octanol–water partition coefficient (Wildman–Crippen LogP) is 3.30. The minimum Gasteiger partial charge on any atom is -0.459 e. The van der Waals surface area contributed by atoms with Crippen LogP contribution in [0.2, 0.25) is 0 Å². The van der Waals surface area contributed by atoms with Crippen molar-refractivity contribution in [2.45, 2.75) is 13.0 Å². The number of benzene rings is 2. The fourth-order valence-corrected chi connectivity index (χ4v) is 3.11. The number of hydrogen-bond acceptors (Lipinski definition) is 4. The minimum atomic E-state index is -3.48. The molecule has 1 heterocycles. The lowest BCUT2D eigenvalue weighted by atomic mass is 10.1. The van der Waals surface area contributed by atoms with E-state index in [4.69, 9.17) is 4.42 Å². The van der Waals surface area contributed by atoms with E-state index in [-0.39, 0.29) is 23.2 Å². The first-order valence-electron chi connectivity index (χ1n) is 7.69. The second-order valence-corrected chi connectivity index (χ2v) is 7.55. The molecule has 0 aliphatic carbocycles. The van der Waals surface area contributed by atoms with Crippen LogP contribution in [-0.4, -0.2) is 20.6 Å². The molecule has 0 fully saturated rings. The molecule has 130 valence electrons. The summed E-state index contributed by atoms with van der Waals surface area (Å²) in [4.78, 5) is 12.6. The lowest BCUT2D eigenvalue weighted by molar-refractivity contribution is 0.0936. The topological polar surface area (TPSA) is 88.4 Å². The molecule has 6 nitrogen and oxygen atoms in total. The Kier molecular flexibility index (Phi) is 4.50. The monoisotopic (exact) mass is 358 g/mol. The van der Waals surface area contributed by atoms with Crippen molar-refractivity contribution in [1.29, 1.82) is 0 Å². The van der Waals surface area contributed by atoms with E-state index in [1.54, 1.807) is 24.3 Å². The summed E-state index contributed by atoms with van der Waals surface area (Å²) in [6, 6.07) is 15.5. The van der Waals surface area contributed by atoms with E-state index in [0.717, 1.165) is 17.2 Å². The number of carbonyl (C=O) groups is 1. The van der Waals surface area contributed by atoms with Crippen LogP contribution in [0.25, 0.3) is 11.0 Å². The molecule has 0 radical (unpaired) electrons. The normalized spacial score (nSPS) is 12.7. The Morgan fingerprint density at radius 3 is 2.48 bits per heavy atom. The van der Waals surface area contributed by atoms with Gasteiger partial charge in [0, 0.05) is 5.39 Å². The summed E-state index contributed by atoms with van der Waals surface area (Å²) in [5, 5.41) is 3.79. The van der Waals surface area contributed by atoms with Crippen molar-refractivity contribution in [2.75, 3.05) is 11.0 Å². The molecule has 0 bridgehead atoms. The van der Waals surface area contributed by atoms with Gasteiger partial charge in [-0.3, -0.25) is 9.52 Å². The number of rotatable bonds is 5. The van der Waals surface area contributed by atoms with Crippen molar-refractivity contribution in [1.82, 2.24) is 5.32 Å². The Balaban J connectivity index is 1.82. The largest absolute Gasteiger partial charge is 0.459 e. The summed E-state index contributed by atoms with van der Waals surface area (Å²) < 4.78 is 31.0. The third kappa shape index (κ3) is 4.00. The van der Waals surface area contributed by atoms with Crippen LogP contribution >= 0.6 is 0 Å². The van der Waals surface area contributed by atoms with Gasteiger partial charge in [0.05, 0.1) is 23.5 Å². The molecule has 0 aliphatic heterocycles. The molecule has 1 aromatic heterocycles. The zero-order valence-corrected chi connectivity index (χ0v) is 14.6. The molecule has 0 unspecified atom stereocenters. The van der Waals surface area contributed by atoms with Crippen molar-refractivity contribution in [2.24, 2.45) is 0 Å². The van der Waals surface area contributed by atoms with Crippen LogP contribution in [0, 0.1) is 0 Å². The van der Waals surface area contributed by atoms with Crippen molar-refractivity contribution >= 4 is 32.6 Å². The molecule has 2 aromatic carbocycles. The van der Waals surface area contributed by atoms with Gasteiger partial charge in [-0.15, -0.1) is 0 Å². The third-order valence-corrected chi connectivity index (χ3v) is 4.28. The van der Waals surface area contributed by atoms with Gasteiger partial charge >= 0.3 is 0 Å². The van der Waals surface area contributed by atoms with E-state index in [0.29, 0.717) is 5.76 Å². The Hall–Kier alpha value is -2.80. The van der Waals surface area contributed by atoms with Gasteiger partial charge in [0.1, 0.15) is 11.3 Å². The van der Waals surface area contributed by atoms with Gasteiger partial charge < -0.3 is 9.73 Å². The van der Waals surface area contributed by atoms with Crippen LogP contribution in [-0.2, 0) is 10.0 Å². The molecule has 3 aromatic rings. The number of hydrogen-bond donors (Lipinski definition) is 2. The highest BCUT2D eigenvalue weighted by molar-refractivity contribution is 7.92. The maximum atomic E-state index is 12.6. The van der Waals surface area contributed by atoms with Crippen molar-refractivity contribution < 1.29 is 17.6 Å². The highest BCUT2D eigenvalue weighted by Crippen LogP contribution is 2.24.